The monoisotopic (exact) mass is 475 g/mol. The number of urea groups is 1. The number of rotatable bonds is 3. The van der Waals surface area contributed by atoms with Crippen molar-refractivity contribution in [2.75, 3.05) is 18.4 Å². The van der Waals surface area contributed by atoms with Crippen LogP contribution in [0, 0.1) is 19.3 Å². The Labute approximate surface area is 193 Å². The number of halogens is 3. The van der Waals surface area contributed by atoms with Crippen LogP contribution in [0.4, 0.5) is 23.8 Å². The van der Waals surface area contributed by atoms with E-state index in [1.165, 1.54) is 12.1 Å². The molecule has 0 unspecified atom stereocenters. The minimum atomic E-state index is -4.39. The van der Waals surface area contributed by atoms with Crippen LogP contribution < -0.4 is 5.32 Å². The van der Waals surface area contributed by atoms with Crippen LogP contribution >= 0.6 is 0 Å². The topological polar surface area (TPSA) is 97.3 Å². The molecule has 1 aromatic carbocycles. The van der Waals surface area contributed by atoms with Gasteiger partial charge in [-0.05, 0) is 69.2 Å². The van der Waals surface area contributed by atoms with E-state index >= 15 is 0 Å². The Morgan fingerprint density at radius 3 is 2.35 bits per heavy atom. The van der Waals surface area contributed by atoms with Crippen molar-refractivity contribution < 1.29 is 27.0 Å². The van der Waals surface area contributed by atoms with Crippen LogP contribution in [0.3, 0.4) is 0 Å². The molecule has 1 saturated carbocycles. The summed E-state index contributed by atoms with van der Waals surface area (Å²) in [5.74, 6) is 1.32. The van der Waals surface area contributed by atoms with Gasteiger partial charge in [0.15, 0.2) is 5.82 Å². The first-order valence-electron chi connectivity index (χ1n) is 11.1. The Hall–Kier alpha value is -3.37. The molecule has 1 N–H and O–H groups in total. The lowest BCUT2D eigenvalue weighted by molar-refractivity contribution is -0.137. The number of piperidine rings is 1. The van der Waals surface area contributed by atoms with Crippen LogP contribution in [-0.2, 0) is 6.18 Å². The molecule has 1 aliphatic carbocycles. The zero-order valence-corrected chi connectivity index (χ0v) is 18.8. The van der Waals surface area contributed by atoms with E-state index in [1.807, 2.05) is 13.8 Å². The lowest BCUT2D eigenvalue weighted by Gasteiger charge is -2.51. The third kappa shape index (κ3) is 4.14. The first kappa shape index (κ1) is 22.4. The number of carbonyl (C=O) groups is 1. The van der Waals surface area contributed by atoms with Gasteiger partial charge in [-0.3, -0.25) is 5.32 Å². The number of hydrogen-bond donors (Lipinski definition) is 1. The third-order valence-corrected chi connectivity index (χ3v) is 7.11. The van der Waals surface area contributed by atoms with Gasteiger partial charge in [-0.25, -0.2) is 4.79 Å². The lowest BCUT2D eigenvalue weighted by Crippen LogP contribution is -2.49. The van der Waals surface area contributed by atoms with Crippen molar-refractivity contribution in [3.05, 3.63) is 46.9 Å². The molecule has 1 saturated heterocycles. The first-order valence-corrected chi connectivity index (χ1v) is 11.1. The highest BCUT2D eigenvalue weighted by molar-refractivity contribution is 5.88. The summed E-state index contributed by atoms with van der Waals surface area (Å²) in [6.07, 6.45) is -0.823. The molecule has 3 aromatic rings. The summed E-state index contributed by atoms with van der Waals surface area (Å²) in [7, 11) is 0. The number of nitrogens with zero attached hydrogens (tertiary/aromatic N) is 4. The predicted octanol–water partition coefficient (Wildman–Crippen LogP) is 5.55. The van der Waals surface area contributed by atoms with Crippen molar-refractivity contribution in [2.45, 2.75) is 51.6 Å². The van der Waals surface area contributed by atoms with E-state index in [2.05, 4.69) is 20.6 Å². The maximum absolute atomic E-state index is 12.8. The van der Waals surface area contributed by atoms with E-state index in [0.717, 1.165) is 49.1 Å². The molecule has 34 heavy (non-hydrogen) atoms. The molecule has 2 fully saturated rings. The van der Waals surface area contributed by atoms with Crippen LogP contribution in [-0.4, -0.2) is 39.3 Å². The van der Waals surface area contributed by atoms with Crippen molar-refractivity contribution in [1.29, 1.82) is 0 Å². The van der Waals surface area contributed by atoms with Gasteiger partial charge in [0.05, 0.1) is 11.3 Å². The number of amides is 2. The second-order valence-corrected chi connectivity index (χ2v) is 9.28. The molecule has 2 amide bonds. The van der Waals surface area contributed by atoms with Gasteiger partial charge in [0.25, 0.3) is 5.89 Å². The Kier molecular flexibility index (Phi) is 5.37. The van der Waals surface area contributed by atoms with Gasteiger partial charge < -0.3 is 13.9 Å². The molecule has 2 aromatic heterocycles. The zero-order chi connectivity index (χ0) is 24.1. The number of anilines is 1. The van der Waals surface area contributed by atoms with Crippen LogP contribution in [0.15, 0.2) is 33.3 Å². The maximum atomic E-state index is 12.8. The number of carbonyl (C=O) groups excluding carboxylic acids is 1. The lowest BCUT2D eigenvalue weighted by atomic mass is 9.57. The first-order chi connectivity index (χ1) is 16.1. The van der Waals surface area contributed by atoms with Gasteiger partial charge in [-0.2, -0.15) is 18.2 Å². The van der Waals surface area contributed by atoms with Crippen LogP contribution in [0.1, 0.15) is 54.2 Å². The van der Waals surface area contributed by atoms with Gasteiger partial charge in [0, 0.05) is 30.1 Å². The number of aryl methyl sites for hydroxylation is 1. The highest BCUT2D eigenvalue weighted by atomic mass is 19.4. The average Bonchev–Trinajstić information content (AvgIpc) is 3.40. The minimum Gasteiger partial charge on any atom is -0.338 e. The van der Waals surface area contributed by atoms with E-state index in [4.69, 9.17) is 9.05 Å². The summed E-state index contributed by atoms with van der Waals surface area (Å²) >= 11 is 0. The molecular formula is C23H24F3N5O3. The smallest absolute Gasteiger partial charge is 0.338 e. The molecule has 2 aliphatic rings. The Morgan fingerprint density at radius 1 is 1.09 bits per heavy atom. The van der Waals surface area contributed by atoms with Crippen molar-refractivity contribution in [3.8, 4) is 11.5 Å². The SMILES string of the molecule is Cc1noc(NC(=O)N2CCC3(CC2)CC(c2noc(-c4ccc(C(F)(F)F)cc4)n2)C3)c1C. The van der Waals surface area contributed by atoms with Gasteiger partial charge >= 0.3 is 12.2 Å². The quantitative estimate of drug-likeness (QED) is 0.533. The number of hydrogen-bond acceptors (Lipinski definition) is 6. The fraction of sp³-hybridized carbons (Fsp3) is 0.478. The number of alkyl halides is 3. The summed E-state index contributed by atoms with van der Waals surface area (Å²) in [6.45, 7) is 4.96. The minimum absolute atomic E-state index is 0.146. The second kappa shape index (κ2) is 8.14. The van der Waals surface area contributed by atoms with Crippen LogP contribution in [0.25, 0.3) is 11.5 Å². The third-order valence-electron chi connectivity index (χ3n) is 7.11. The molecule has 0 radical (unpaired) electrons. The fourth-order valence-corrected chi connectivity index (χ4v) is 4.79. The molecule has 0 atom stereocenters. The highest BCUT2D eigenvalue weighted by Crippen LogP contribution is 2.56. The van der Waals surface area contributed by atoms with E-state index < -0.39 is 11.7 Å². The van der Waals surface area contributed by atoms with Crippen LogP contribution in [0.2, 0.25) is 0 Å². The number of likely N-dealkylation sites (tertiary alicyclic amines) is 1. The Morgan fingerprint density at radius 2 is 1.76 bits per heavy atom. The number of nitrogens with one attached hydrogen (secondary N) is 1. The van der Waals surface area contributed by atoms with Crippen molar-refractivity contribution in [3.63, 3.8) is 0 Å². The number of aromatic nitrogens is 3. The summed E-state index contributed by atoms with van der Waals surface area (Å²) in [5, 5.41) is 10.7. The van der Waals surface area contributed by atoms with Crippen molar-refractivity contribution in [2.24, 2.45) is 5.41 Å². The Bertz CT molecular complexity index is 1190. The summed E-state index contributed by atoms with van der Waals surface area (Å²) in [4.78, 5) is 18.8. The number of benzene rings is 1. The van der Waals surface area contributed by atoms with Gasteiger partial charge in [0.2, 0.25) is 5.88 Å². The molecule has 0 bridgehead atoms. The van der Waals surface area contributed by atoms with Gasteiger partial charge in [0.1, 0.15) is 0 Å². The van der Waals surface area contributed by atoms with Gasteiger partial charge in [-0.1, -0.05) is 10.3 Å². The van der Waals surface area contributed by atoms with E-state index in [-0.39, 0.29) is 23.3 Å². The molecule has 3 heterocycles. The normalized spacial score (nSPS) is 18.2. The molecule has 8 nitrogen and oxygen atoms in total. The molecular weight excluding hydrogens is 451 g/mol. The van der Waals surface area contributed by atoms with Crippen molar-refractivity contribution >= 4 is 11.9 Å². The average molecular weight is 475 g/mol. The van der Waals surface area contributed by atoms with E-state index in [9.17, 15) is 18.0 Å². The van der Waals surface area contributed by atoms with Crippen LogP contribution in [0.5, 0.6) is 0 Å². The molecule has 1 aliphatic heterocycles. The molecule has 1 spiro atoms. The van der Waals surface area contributed by atoms with E-state index in [0.29, 0.717) is 30.4 Å². The van der Waals surface area contributed by atoms with E-state index in [1.54, 1.807) is 4.90 Å². The maximum Gasteiger partial charge on any atom is 0.416 e. The molecule has 180 valence electrons. The predicted molar refractivity (Wildman–Crippen MR) is 115 cm³/mol. The zero-order valence-electron chi connectivity index (χ0n) is 18.8. The highest BCUT2D eigenvalue weighted by Gasteiger charge is 2.48. The summed E-state index contributed by atoms with van der Waals surface area (Å²) < 4.78 is 48.8. The summed E-state index contributed by atoms with van der Waals surface area (Å²) in [6, 6.07) is 4.50. The second-order valence-electron chi connectivity index (χ2n) is 9.28. The molecule has 5 rings (SSSR count). The Balaban J connectivity index is 1.15. The van der Waals surface area contributed by atoms with Gasteiger partial charge in [-0.15, -0.1) is 0 Å². The summed E-state index contributed by atoms with van der Waals surface area (Å²) in [5.41, 5.74) is 1.45. The molecule has 11 heteroatoms. The van der Waals surface area contributed by atoms with Crippen molar-refractivity contribution in [1.82, 2.24) is 20.2 Å². The largest absolute Gasteiger partial charge is 0.416 e. The fourth-order valence-electron chi connectivity index (χ4n) is 4.79. The standard InChI is InChI=1S/C23H24F3N5O3/c1-13-14(2)29-33-19(13)28-21(32)31-9-7-22(8-10-31)11-16(12-22)18-27-20(34-30-18)15-3-5-17(6-4-15)23(24,25)26/h3-6,16H,7-12H2,1-2H3,(H,28,32).